The van der Waals surface area contributed by atoms with Crippen LogP contribution in [0, 0.1) is 0 Å². The zero-order valence-corrected chi connectivity index (χ0v) is 9.73. The van der Waals surface area contributed by atoms with Gasteiger partial charge in [-0.25, -0.2) is 0 Å². The fraction of sp³-hybridized carbons (Fsp3) is 0.0714. The lowest BCUT2D eigenvalue weighted by atomic mass is 10.1. The first-order chi connectivity index (χ1) is 8.74. The van der Waals surface area contributed by atoms with Crippen LogP contribution in [0.5, 0.6) is 11.5 Å². The first-order valence-electron chi connectivity index (χ1n) is 5.51. The number of carbonyl (C=O) groups excluding carboxylic acids is 1. The van der Waals surface area contributed by atoms with Gasteiger partial charge >= 0.3 is 0 Å². The first-order valence-corrected chi connectivity index (χ1v) is 5.51. The molecule has 3 aromatic rings. The lowest BCUT2D eigenvalue weighted by Gasteiger charge is -2.00. The van der Waals surface area contributed by atoms with Crippen LogP contribution in [0.4, 0.5) is 0 Å². The number of phenols is 1. The van der Waals surface area contributed by atoms with Gasteiger partial charge in [0.1, 0.15) is 11.5 Å². The van der Waals surface area contributed by atoms with Crippen LogP contribution in [0.1, 0.15) is 10.4 Å². The Morgan fingerprint density at radius 3 is 2.83 bits per heavy atom. The molecule has 18 heavy (non-hydrogen) atoms. The Morgan fingerprint density at radius 2 is 2.11 bits per heavy atom. The Kier molecular flexibility index (Phi) is 2.23. The molecule has 0 saturated carbocycles. The number of aromatic amines is 1. The lowest BCUT2D eigenvalue weighted by molar-refractivity contribution is 0.112. The highest BCUT2D eigenvalue weighted by atomic mass is 16.5. The van der Waals surface area contributed by atoms with Crippen molar-refractivity contribution in [3.8, 4) is 11.5 Å². The minimum atomic E-state index is -0.0250. The largest absolute Gasteiger partial charge is 0.507 e. The second-order valence-corrected chi connectivity index (χ2v) is 4.08. The summed E-state index contributed by atoms with van der Waals surface area (Å²) >= 11 is 0. The summed E-state index contributed by atoms with van der Waals surface area (Å²) in [5.41, 5.74) is 1.92. The average molecular weight is 241 g/mol. The summed E-state index contributed by atoms with van der Waals surface area (Å²) < 4.78 is 5.28. The molecule has 0 atom stereocenters. The number of aromatic hydroxyl groups is 1. The third-order valence-electron chi connectivity index (χ3n) is 3.09. The fourth-order valence-corrected chi connectivity index (χ4v) is 2.21. The third kappa shape index (κ3) is 1.35. The minimum Gasteiger partial charge on any atom is -0.507 e. The van der Waals surface area contributed by atoms with E-state index in [4.69, 9.17) is 4.74 Å². The summed E-state index contributed by atoms with van der Waals surface area (Å²) in [5, 5.41) is 11.5. The van der Waals surface area contributed by atoms with Gasteiger partial charge in [0.05, 0.1) is 23.7 Å². The molecule has 1 heterocycles. The number of carbonyl (C=O) groups is 1. The van der Waals surface area contributed by atoms with Crippen LogP contribution >= 0.6 is 0 Å². The molecular formula is C14H11NO3. The van der Waals surface area contributed by atoms with E-state index < -0.39 is 0 Å². The molecule has 4 heteroatoms. The Morgan fingerprint density at radius 1 is 1.28 bits per heavy atom. The number of phenolic OH excluding ortho intramolecular Hbond substituents is 1. The molecule has 90 valence electrons. The second-order valence-electron chi connectivity index (χ2n) is 4.08. The predicted octanol–water partition coefficient (Wildman–Crippen LogP) is 2.85. The summed E-state index contributed by atoms with van der Waals surface area (Å²) in [6, 6.07) is 8.93. The van der Waals surface area contributed by atoms with Crippen molar-refractivity contribution in [2.45, 2.75) is 0 Å². The van der Waals surface area contributed by atoms with Crippen LogP contribution in [0.25, 0.3) is 21.8 Å². The molecule has 0 aliphatic rings. The molecule has 0 saturated heterocycles. The van der Waals surface area contributed by atoms with Crippen molar-refractivity contribution in [3.05, 3.63) is 35.9 Å². The number of aldehydes is 1. The maximum Gasteiger partial charge on any atom is 0.153 e. The van der Waals surface area contributed by atoms with Crippen molar-refractivity contribution in [3.63, 3.8) is 0 Å². The van der Waals surface area contributed by atoms with Crippen molar-refractivity contribution in [2.75, 3.05) is 7.11 Å². The van der Waals surface area contributed by atoms with Gasteiger partial charge in [0.2, 0.25) is 0 Å². The van der Waals surface area contributed by atoms with Crippen LogP contribution in [-0.2, 0) is 0 Å². The number of hydrogen-bond donors (Lipinski definition) is 2. The highest BCUT2D eigenvalue weighted by Crippen LogP contribution is 2.34. The highest BCUT2D eigenvalue weighted by molar-refractivity contribution is 6.11. The van der Waals surface area contributed by atoms with Crippen LogP contribution in [0.2, 0.25) is 0 Å². The zero-order chi connectivity index (χ0) is 12.7. The van der Waals surface area contributed by atoms with E-state index in [-0.39, 0.29) is 11.3 Å². The van der Waals surface area contributed by atoms with Crippen LogP contribution < -0.4 is 4.74 Å². The Bertz CT molecular complexity index is 758. The number of rotatable bonds is 2. The van der Waals surface area contributed by atoms with Crippen LogP contribution in [0.15, 0.2) is 30.3 Å². The maximum absolute atomic E-state index is 10.9. The van der Waals surface area contributed by atoms with Crippen molar-refractivity contribution in [1.29, 1.82) is 0 Å². The molecule has 0 radical (unpaired) electrons. The Labute approximate surface area is 103 Å². The van der Waals surface area contributed by atoms with Gasteiger partial charge in [-0.05, 0) is 12.1 Å². The van der Waals surface area contributed by atoms with Gasteiger partial charge in [-0.1, -0.05) is 12.1 Å². The topological polar surface area (TPSA) is 62.3 Å². The van der Waals surface area contributed by atoms with E-state index in [1.54, 1.807) is 19.2 Å². The van der Waals surface area contributed by atoms with Gasteiger partial charge < -0.3 is 14.8 Å². The number of H-pyrrole nitrogens is 1. The third-order valence-corrected chi connectivity index (χ3v) is 3.09. The minimum absolute atomic E-state index is 0.0250. The number of para-hydroxylation sites is 1. The molecule has 0 bridgehead atoms. The van der Waals surface area contributed by atoms with Gasteiger partial charge in [0.15, 0.2) is 6.29 Å². The molecule has 0 fully saturated rings. The quantitative estimate of drug-likeness (QED) is 0.678. The fourth-order valence-electron chi connectivity index (χ4n) is 2.21. The smallest absolute Gasteiger partial charge is 0.153 e. The number of benzene rings is 2. The molecule has 0 amide bonds. The van der Waals surface area contributed by atoms with Crippen molar-refractivity contribution in [2.24, 2.45) is 0 Å². The normalized spacial score (nSPS) is 10.9. The summed E-state index contributed by atoms with van der Waals surface area (Å²) in [6.07, 6.45) is 0.647. The van der Waals surface area contributed by atoms with Crippen molar-refractivity contribution in [1.82, 2.24) is 4.98 Å². The second kappa shape index (κ2) is 3.77. The van der Waals surface area contributed by atoms with Gasteiger partial charge in [-0.3, -0.25) is 4.79 Å². The maximum atomic E-state index is 10.9. The predicted molar refractivity (Wildman–Crippen MR) is 69.4 cm³/mol. The van der Waals surface area contributed by atoms with Gasteiger partial charge in [-0.15, -0.1) is 0 Å². The van der Waals surface area contributed by atoms with E-state index in [1.807, 2.05) is 18.2 Å². The van der Waals surface area contributed by atoms with E-state index in [1.165, 1.54) is 0 Å². The standard InChI is InChI=1S/C14H11NO3/c1-18-13-4-2-3-9-10-5-8(7-16)12(17)6-11(10)15-14(9)13/h2-7,15,17H,1H3. The molecule has 1 aromatic heterocycles. The summed E-state index contributed by atoms with van der Waals surface area (Å²) in [5.74, 6) is 0.707. The van der Waals surface area contributed by atoms with Crippen molar-refractivity contribution < 1.29 is 14.6 Å². The molecule has 0 spiro atoms. The number of nitrogens with one attached hydrogen (secondary N) is 1. The van der Waals surface area contributed by atoms with E-state index in [2.05, 4.69) is 4.98 Å². The number of ether oxygens (including phenoxy) is 1. The summed E-state index contributed by atoms with van der Waals surface area (Å²) in [4.78, 5) is 14.0. The monoisotopic (exact) mass is 241 g/mol. The van der Waals surface area contributed by atoms with E-state index in [0.717, 1.165) is 27.6 Å². The van der Waals surface area contributed by atoms with Crippen molar-refractivity contribution >= 4 is 28.1 Å². The molecule has 0 unspecified atom stereocenters. The van der Waals surface area contributed by atoms with Gasteiger partial charge in [0, 0.05) is 16.8 Å². The molecule has 4 nitrogen and oxygen atoms in total. The Balaban J connectivity index is 2.47. The molecule has 0 aliphatic carbocycles. The van der Waals surface area contributed by atoms with E-state index >= 15 is 0 Å². The van der Waals surface area contributed by atoms with Crippen LogP contribution in [0.3, 0.4) is 0 Å². The number of fused-ring (bicyclic) bond motifs is 3. The molecule has 0 aliphatic heterocycles. The zero-order valence-electron chi connectivity index (χ0n) is 9.73. The number of aromatic nitrogens is 1. The van der Waals surface area contributed by atoms with Gasteiger partial charge in [-0.2, -0.15) is 0 Å². The molecule has 2 aromatic carbocycles. The average Bonchev–Trinajstić information content (AvgIpc) is 2.74. The molecular weight excluding hydrogens is 230 g/mol. The summed E-state index contributed by atoms with van der Waals surface area (Å²) in [6.45, 7) is 0. The molecule has 3 rings (SSSR count). The molecule has 2 N–H and O–H groups in total. The highest BCUT2D eigenvalue weighted by Gasteiger charge is 2.11. The SMILES string of the molecule is COc1cccc2c1[nH]c1cc(O)c(C=O)cc12. The Hall–Kier alpha value is -2.49. The first kappa shape index (κ1) is 10.7. The van der Waals surface area contributed by atoms with E-state index in [0.29, 0.717) is 6.29 Å². The van der Waals surface area contributed by atoms with Gasteiger partial charge in [0.25, 0.3) is 0 Å². The summed E-state index contributed by atoms with van der Waals surface area (Å²) in [7, 11) is 1.61. The number of hydrogen-bond acceptors (Lipinski definition) is 3. The van der Waals surface area contributed by atoms with Crippen LogP contribution in [-0.4, -0.2) is 23.5 Å². The lowest BCUT2D eigenvalue weighted by Crippen LogP contribution is -1.82. The number of methoxy groups -OCH3 is 1. The van der Waals surface area contributed by atoms with E-state index in [9.17, 15) is 9.90 Å².